The van der Waals surface area contributed by atoms with Crippen LogP contribution in [0.25, 0.3) is 0 Å². The van der Waals surface area contributed by atoms with Crippen molar-refractivity contribution in [3.8, 4) is 0 Å². The molecule has 11 nitrogen and oxygen atoms in total. The van der Waals surface area contributed by atoms with Gasteiger partial charge in [-0.05, 0) is 24.1 Å². The van der Waals surface area contributed by atoms with Gasteiger partial charge in [0.2, 0.25) is 0 Å². The van der Waals surface area contributed by atoms with Gasteiger partial charge >= 0.3 is 39.9 Å². The number of benzene rings is 1. The molecule has 1 heterocycles. The molecule has 1 radical (unpaired) electrons. The molecule has 0 unspecified atom stereocenters. The predicted molar refractivity (Wildman–Crippen MR) is 100 cm³/mol. The zero-order valence-electron chi connectivity index (χ0n) is 16.4. The molecule has 13 heteroatoms. The van der Waals surface area contributed by atoms with Crippen molar-refractivity contribution < 1.29 is 53.6 Å². The SMILES string of the molecule is Cn1ccnc1CN(CCc1ccc(SOON)cc1)CC(=O)O.[C-]#[O+].[C-]#[O+].[C-]#[O+].[Re]. The van der Waals surface area contributed by atoms with E-state index >= 15 is 0 Å². The fourth-order valence-corrected chi connectivity index (χ4v) is 2.58. The van der Waals surface area contributed by atoms with Gasteiger partial charge in [-0.3, -0.25) is 9.69 Å². The molecule has 0 aliphatic heterocycles. The van der Waals surface area contributed by atoms with E-state index in [1.165, 1.54) is 0 Å². The summed E-state index contributed by atoms with van der Waals surface area (Å²) >= 11 is 1.02. The minimum atomic E-state index is -0.852. The number of rotatable bonds is 10. The minimum Gasteiger partial charge on any atom is 0 e. The van der Waals surface area contributed by atoms with Crippen LogP contribution in [0.3, 0.4) is 0 Å². The number of hydrogen-bond acceptors (Lipinski definition) is 7. The number of carboxylic acid groups (broad SMARTS) is 1. The maximum absolute atomic E-state index is 11.1. The number of aromatic nitrogens is 2. The molecule has 3 N–H and O–H groups in total. The first kappa shape index (κ1) is 33.6. The van der Waals surface area contributed by atoms with E-state index in [1.807, 2.05) is 47.0 Å². The van der Waals surface area contributed by atoms with Crippen LogP contribution in [0.5, 0.6) is 0 Å². The molecule has 0 aliphatic carbocycles. The van der Waals surface area contributed by atoms with E-state index in [1.54, 1.807) is 6.20 Å². The first-order valence-electron chi connectivity index (χ1n) is 7.89. The smallest absolute Gasteiger partial charge is 0 e. The van der Waals surface area contributed by atoms with E-state index in [0.717, 1.165) is 34.7 Å². The molecule has 0 atom stereocenters. The fraction of sp³-hybridized carbons (Fsp3) is 0.278. The molecule has 0 amide bonds. The quantitative estimate of drug-likeness (QED) is 0.132. The molecule has 0 spiro atoms. The Labute approximate surface area is 197 Å². The molecule has 0 bridgehead atoms. The molecule has 167 valence electrons. The number of hydrogen-bond donors (Lipinski definition) is 2. The Morgan fingerprint density at radius 1 is 1.23 bits per heavy atom. The van der Waals surface area contributed by atoms with Gasteiger partial charge in [0, 0.05) is 51.3 Å². The number of aliphatic carboxylic acids is 1. The standard InChI is InChI=1S/C15H20N4O4S.3CO.Re/c1-18-9-7-17-14(18)10-19(11-15(20)21)8-6-12-2-4-13(5-3-12)24-23-22-16;3*1-2;/h2-5,7,9H,6,8,10-11,16H2,1H3,(H,20,21);;;;. The van der Waals surface area contributed by atoms with Crippen LogP contribution >= 0.6 is 12.0 Å². The third kappa shape index (κ3) is 15.4. The summed E-state index contributed by atoms with van der Waals surface area (Å²) in [6, 6.07) is 7.70. The van der Waals surface area contributed by atoms with Crippen LogP contribution in [-0.4, -0.2) is 38.6 Å². The Balaban J connectivity index is -0.00000103. The van der Waals surface area contributed by atoms with E-state index in [0.29, 0.717) is 13.1 Å². The molecule has 2 rings (SSSR count). The summed E-state index contributed by atoms with van der Waals surface area (Å²) in [4.78, 5) is 22.1. The maximum atomic E-state index is 11.1. The van der Waals surface area contributed by atoms with E-state index in [9.17, 15) is 4.79 Å². The average Bonchev–Trinajstić information content (AvgIpc) is 3.19. The average molecular weight is 623 g/mol. The summed E-state index contributed by atoms with van der Waals surface area (Å²) in [6.07, 6.45) is 4.28. The molecule has 31 heavy (non-hydrogen) atoms. The van der Waals surface area contributed by atoms with Gasteiger partial charge in [-0.1, -0.05) is 12.1 Å². The number of imidazole rings is 1. The largest absolute Gasteiger partial charge is 0 e. The van der Waals surface area contributed by atoms with Gasteiger partial charge in [0.15, 0.2) is 0 Å². The first-order chi connectivity index (χ1) is 14.6. The van der Waals surface area contributed by atoms with E-state index in [-0.39, 0.29) is 27.0 Å². The van der Waals surface area contributed by atoms with Crippen molar-refractivity contribution in [2.75, 3.05) is 13.1 Å². The van der Waals surface area contributed by atoms with Gasteiger partial charge in [-0.2, -0.15) is 5.90 Å². The number of carbonyl (C=O) groups is 1. The zero-order valence-corrected chi connectivity index (χ0v) is 19.9. The van der Waals surface area contributed by atoms with Crippen molar-refractivity contribution in [1.82, 2.24) is 14.5 Å². The Morgan fingerprint density at radius 3 is 2.26 bits per heavy atom. The van der Waals surface area contributed by atoms with Crippen LogP contribution in [0.1, 0.15) is 11.4 Å². The molecule has 1 aromatic carbocycles. The topological polar surface area (TPSA) is 163 Å². The van der Waals surface area contributed by atoms with Crippen molar-refractivity contribution in [3.63, 3.8) is 0 Å². The Morgan fingerprint density at radius 2 is 1.81 bits per heavy atom. The van der Waals surface area contributed by atoms with Crippen LogP contribution < -0.4 is 5.90 Å². The Kier molecular flexibility index (Phi) is 24.6. The third-order valence-corrected chi connectivity index (χ3v) is 4.07. The second kappa shape index (κ2) is 22.7. The molecule has 1 aromatic heterocycles. The molecule has 0 fully saturated rings. The van der Waals surface area contributed by atoms with Gasteiger partial charge < -0.3 is 9.67 Å². The Bertz CT molecular complexity index is 767. The van der Waals surface area contributed by atoms with E-state index in [2.05, 4.69) is 34.3 Å². The molecular formula is C18H20N4O7ReS. The first-order valence-corrected chi connectivity index (χ1v) is 8.63. The van der Waals surface area contributed by atoms with Crippen LogP contribution in [-0.2, 0) is 68.5 Å². The second-order valence-electron chi connectivity index (χ2n) is 5.20. The van der Waals surface area contributed by atoms with Gasteiger partial charge in [0.25, 0.3) is 0 Å². The van der Waals surface area contributed by atoms with Gasteiger partial charge in [0.05, 0.1) is 25.1 Å². The molecule has 0 saturated heterocycles. The number of nitrogens with zero attached hydrogens (tertiary/aromatic N) is 3. The van der Waals surface area contributed by atoms with Gasteiger partial charge in [-0.15, -0.1) is 9.32 Å². The zero-order chi connectivity index (χ0) is 23.4. The maximum Gasteiger partial charge on any atom is 0 e. The van der Waals surface area contributed by atoms with Gasteiger partial charge in [0.1, 0.15) is 5.82 Å². The molecule has 2 aromatic rings. The third-order valence-electron chi connectivity index (χ3n) is 3.45. The normalized spacial score (nSPS) is 8.81. The van der Waals surface area contributed by atoms with Crippen LogP contribution in [0.2, 0.25) is 0 Å². The predicted octanol–water partition coefficient (Wildman–Crippen LogP) is 1.26. The summed E-state index contributed by atoms with van der Waals surface area (Å²) in [6.45, 7) is 14.6. The Hall–Kier alpha value is -2.03. The van der Waals surface area contributed by atoms with Crippen LogP contribution in [0, 0.1) is 20.0 Å². The van der Waals surface area contributed by atoms with Gasteiger partial charge in [-0.25, -0.2) is 4.98 Å². The summed E-state index contributed by atoms with van der Waals surface area (Å²) < 4.78 is 29.0. The van der Waals surface area contributed by atoms with Crippen LogP contribution in [0.15, 0.2) is 41.6 Å². The summed E-state index contributed by atoms with van der Waals surface area (Å²) in [5.74, 6) is 4.77. The monoisotopic (exact) mass is 623 g/mol. The van der Waals surface area contributed by atoms with Crippen molar-refractivity contribution in [2.45, 2.75) is 17.9 Å². The number of carboxylic acids is 1. The number of aryl methyl sites for hydroxylation is 1. The second-order valence-corrected chi connectivity index (χ2v) is 5.97. The van der Waals surface area contributed by atoms with Crippen molar-refractivity contribution in [3.05, 3.63) is 68.0 Å². The van der Waals surface area contributed by atoms with Crippen molar-refractivity contribution in [2.24, 2.45) is 12.9 Å². The molecule has 0 aliphatic rings. The summed E-state index contributed by atoms with van der Waals surface area (Å²) in [7, 11) is 1.89. The summed E-state index contributed by atoms with van der Waals surface area (Å²) in [5, 5.41) is 9.09. The van der Waals surface area contributed by atoms with E-state index < -0.39 is 5.97 Å². The molecular weight excluding hydrogens is 602 g/mol. The fourth-order valence-electron chi connectivity index (χ4n) is 2.21. The number of nitrogens with two attached hydrogens (primary N) is 1. The molecule has 0 saturated carbocycles. The summed E-state index contributed by atoms with van der Waals surface area (Å²) in [5.41, 5.74) is 1.10. The minimum absolute atomic E-state index is 0. The van der Waals surface area contributed by atoms with Crippen molar-refractivity contribution in [1.29, 1.82) is 0 Å². The van der Waals surface area contributed by atoms with Crippen LogP contribution in [0.4, 0.5) is 0 Å². The van der Waals surface area contributed by atoms with Crippen molar-refractivity contribution >= 4 is 18.0 Å². The van der Waals surface area contributed by atoms with E-state index in [4.69, 9.17) is 25.0 Å².